The van der Waals surface area contributed by atoms with Crippen LogP contribution in [0.4, 0.5) is 5.69 Å². The van der Waals surface area contributed by atoms with E-state index >= 15 is 0 Å². The first-order valence-corrected chi connectivity index (χ1v) is 6.73. The van der Waals surface area contributed by atoms with Crippen LogP contribution in [0, 0.1) is 5.41 Å². The monoisotopic (exact) mass is 230 g/mol. The van der Waals surface area contributed by atoms with Gasteiger partial charge in [-0.3, -0.25) is 4.90 Å². The minimum atomic E-state index is 0.481. The quantitative estimate of drug-likeness (QED) is 0.797. The van der Waals surface area contributed by atoms with Gasteiger partial charge < -0.3 is 5.32 Å². The molecule has 2 heterocycles. The van der Waals surface area contributed by atoms with E-state index in [0.29, 0.717) is 11.6 Å². The molecule has 2 heteroatoms. The Morgan fingerprint density at radius 2 is 2.12 bits per heavy atom. The Balaban J connectivity index is 1.72. The van der Waals surface area contributed by atoms with Crippen LogP contribution in [0.3, 0.4) is 0 Å². The molecule has 1 N–H and O–H groups in total. The Kier molecular flexibility index (Phi) is 2.62. The number of piperidine rings is 1. The predicted molar refractivity (Wildman–Crippen MR) is 72.1 cm³/mol. The van der Waals surface area contributed by atoms with Gasteiger partial charge in [0.15, 0.2) is 0 Å². The van der Waals surface area contributed by atoms with Crippen molar-refractivity contribution in [1.82, 2.24) is 4.90 Å². The number of nitrogens with one attached hydrogen (secondary N) is 1. The molecule has 0 aliphatic carbocycles. The summed E-state index contributed by atoms with van der Waals surface area (Å²) in [5.41, 5.74) is 3.29. The molecule has 1 fully saturated rings. The molecule has 1 aromatic rings. The lowest BCUT2D eigenvalue weighted by Crippen LogP contribution is -2.48. The summed E-state index contributed by atoms with van der Waals surface area (Å²) in [4.78, 5) is 2.63. The van der Waals surface area contributed by atoms with Crippen LogP contribution in [-0.2, 0) is 6.42 Å². The summed E-state index contributed by atoms with van der Waals surface area (Å²) in [7, 11) is 0. The number of fused-ring (bicyclic) bond motifs is 1. The van der Waals surface area contributed by atoms with Gasteiger partial charge in [-0.05, 0) is 29.9 Å². The van der Waals surface area contributed by atoms with Crippen molar-refractivity contribution in [2.45, 2.75) is 39.3 Å². The molecule has 1 unspecified atom stereocenters. The molecule has 0 radical (unpaired) electrons. The summed E-state index contributed by atoms with van der Waals surface area (Å²) in [6, 6.07) is 8.71. The summed E-state index contributed by atoms with van der Waals surface area (Å²) in [5.74, 6) is 0. The summed E-state index contributed by atoms with van der Waals surface area (Å²) < 4.78 is 0. The van der Waals surface area contributed by atoms with Crippen LogP contribution >= 0.6 is 0 Å². The second-order valence-corrected chi connectivity index (χ2v) is 6.26. The Morgan fingerprint density at radius 3 is 2.88 bits per heavy atom. The molecule has 1 saturated heterocycles. The number of hydrogen-bond acceptors (Lipinski definition) is 2. The molecular weight excluding hydrogens is 208 g/mol. The maximum Gasteiger partial charge on any atom is 0.0835 e. The third-order valence-corrected chi connectivity index (χ3v) is 4.12. The van der Waals surface area contributed by atoms with E-state index in [-0.39, 0.29) is 0 Å². The Bertz CT molecular complexity index is 386. The van der Waals surface area contributed by atoms with Crippen molar-refractivity contribution in [3.05, 3.63) is 29.8 Å². The zero-order valence-electron chi connectivity index (χ0n) is 10.9. The van der Waals surface area contributed by atoms with Crippen LogP contribution in [0.1, 0.15) is 32.3 Å². The van der Waals surface area contributed by atoms with Crippen LogP contribution in [0.2, 0.25) is 0 Å². The fraction of sp³-hybridized carbons (Fsp3) is 0.600. The van der Waals surface area contributed by atoms with Crippen LogP contribution < -0.4 is 5.32 Å². The number of likely N-dealkylation sites (tertiary alicyclic amines) is 1. The van der Waals surface area contributed by atoms with Crippen molar-refractivity contribution in [2.24, 2.45) is 5.41 Å². The Hall–Kier alpha value is -1.02. The molecule has 0 saturated carbocycles. The summed E-state index contributed by atoms with van der Waals surface area (Å²) >= 11 is 0. The van der Waals surface area contributed by atoms with Gasteiger partial charge in [0.25, 0.3) is 0 Å². The summed E-state index contributed by atoms with van der Waals surface area (Å²) in [6.07, 6.45) is 4.38. The zero-order chi connectivity index (χ0) is 11.9. The minimum absolute atomic E-state index is 0.481. The van der Waals surface area contributed by atoms with E-state index in [0.717, 1.165) is 6.42 Å². The van der Waals surface area contributed by atoms with Gasteiger partial charge in [-0.15, -0.1) is 0 Å². The molecular formula is C15H22N2. The smallest absolute Gasteiger partial charge is 0.0835 e. The van der Waals surface area contributed by atoms with E-state index in [1.807, 2.05) is 0 Å². The van der Waals surface area contributed by atoms with Crippen molar-refractivity contribution in [3.8, 4) is 0 Å². The van der Waals surface area contributed by atoms with Gasteiger partial charge >= 0.3 is 0 Å². The third kappa shape index (κ3) is 2.19. The molecule has 2 aliphatic heterocycles. The topological polar surface area (TPSA) is 15.3 Å². The van der Waals surface area contributed by atoms with Crippen LogP contribution in [0.5, 0.6) is 0 Å². The van der Waals surface area contributed by atoms with E-state index in [1.54, 1.807) is 0 Å². The van der Waals surface area contributed by atoms with Crippen LogP contribution in [-0.4, -0.2) is 24.2 Å². The lowest BCUT2D eigenvalue weighted by Gasteiger charge is -2.41. The second kappa shape index (κ2) is 4.02. The van der Waals surface area contributed by atoms with E-state index in [1.165, 1.54) is 37.2 Å². The Morgan fingerprint density at radius 1 is 1.29 bits per heavy atom. The number of anilines is 1. The number of nitrogens with zero attached hydrogens (tertiary/aromatic N) is 1. The van der Waals surface area contributed by atoms with E-state index in [2.05, 4.69) is 48.3 Å². The maximum atomic E-state index is 3.67. The van der Waals surface area contributed by atoms with Gasteiger partial charge in [0.05, 0.1) is 6.17 Å². The molecule has 3 rings (SSSR count). The highest BCUT2D eigenvalue weighted by molar-refractivity contribution is 5.56. The van der Waals surface area contributed by atoms with E-state index in [4.69, 9.17) is 0 Å². The zero-order valence-corrected chi connectivity index (χ0v) is 10.9. The summed E-state index contributed by atoms with van der Waals surface area (Å²) in [6.45, 7) is 7.25. The van der Waals surface area contributed by atoms with Gasteiger partial charge in [-0.25, -0.2) is 0 Å². The number of rotatable bonds is 1. The highest BCUT2D eigenvalue weighted by atomic mass is 15.3. The van der Waals surface area contributed by atoms with Gasteiger partial charge in [0, 0.05) is 25.2 Å². The number of hydrogen-bond donors (Lipinski definition) is 1. The fourth-order valence-corrected chi connectivity index (χ4v) is 3.23. The maximum absolute atomic E-state index is 3.67. The molecule has 2 nitrogen and oxygen atoms in total. The first kappa shape index (κ1) is 11.1. The van der Waals surface area contributed by atoms with Crippen molar-refractivity contribution >= 4 is 5.69 Å². The van der Waals surface area contributed by atoms with Gasteiger partial charge in [0.1, 0.15) is 0 Å². The Labute approximate surface area is 104 Å². The van der Waals surface area contributed by atoms with Crippen LogP contribution in [0.15, 0.2) is 24.3 Å². The van der Waals surface area contributed by atoms with Gasteiger partial charge in [0.2, 0.25) is 0 Å². The fourth-order valence-electron chi connectivity index (χ4n) is 3.23. The number of para-hydroxylation sites is 1. The van der Waals surface area contributed by atoms with E-state index < -0.39 is 0 Å². The first-order chi connectivity index (χ1) is 8.14. The molecule has 0 aromatic heterocycles. The standard InChI is InChI=1S/C15H22N2/c1-15(2)8-5-9-17(11-15)14-10-12-6-3-4-7-13(12)16-14/h3-4,6-7,14,16H,5,8-11H2,1-2H3. The molecule has 0 bridgehead atoms. The van der Waals surface area contributed by atoms with Crippen molar-refractivity contribution in [1.29, 1.82) is 0 Å². The van der Waals surface area contributed by atoms with Gasteiger partial charge in [-0.2, -0.15) is 0 Å². The lowest BCUT2D eigenvalue weighted by molar-refractivity contribution is 0.0904. The highest BCUT2D eigenvalue weighted by Crippen LogP contribution is 2.33. The largest absolute Gasteiger partial charge is 0.369 e. The average molecular weight is 230 g/mol. The van der Waals surface area contributed by atoms with E-state index in [9.17, 15) is 0 Å². The van der Waals surface area contributed by atoms with Crippen molar-refractivity contribution < 1.29 is 0 Å². The normalized spacial score (nSPS) is 27.5. The average Bonchev–Trinajstić information content (AvgIpc) is 2.71. The minimum Gasteiger partial charge on any atom is -0.369 e. The molecule has 92 valence electrons. The number of benzene rings is 1. The molecule has 0 spiro atoms. The molecule has 0 amide bonds. The van der Waals surface area contributed by atoms with Gasteiger partial charge in [-0.1, -0.05) is 32.0 Å². The lowest BCUT2D eigenvalue weighted by atomic mass is 9.84. The van der Waals surface area contributed by atoms with Crippen molar-refractivity contribution in [3.63, 3.8) is 0 Å². The van der Waals surface area contributed by atoms with Crippen molar-refractivity contribution in [2.75, 3.05) is 18.4 Å². The second-order valence-electron chi connectivity index (χ2n) is 6.26. The molecule has 2 aliphatic rings. The summed E-state index contributed by atoms with van der Waals surface area (Å²) in [5, 5.41) is 3.67. The molecule has 17 heavy (non-hydrogen) atoms. The predicted octanol–water partition coefficient (Wildman–Crippen LogP) is 3.10. The third-order valence-electron chi connectivity index (χ3n) is 4.12. The molecule has 1 atom stereocenters. The first-order valence-electron chi connectivity index (χ1n) is 6.73. The molecule has 1 aromatic carbocycles. The highest BCUT2D eigenvalue weighted by Gasteiger charge is 2.33. The van der Waals surface area contributed by atoms with Crippen LogP contribution in [0.25, 0.3) is 0 Å². The SMILES string of the molecule is CC1(C)CCCN(C2Cc3ccccc3N2)C1.